The zero-order valence-corrected chi connectivity index (χ0v) is 18.5. The topological polar surface area (TPSA) is 79.5 Å². The predicted molar refractivity (Wildman–Crippen MR) is 115 cm³/mol. The Bertz CT molecular complexity index is 927. The van der Waals surface area contributed by atoms with Crippen molar-refractivity contribution in [1.82, 2.24) is 14.8 Å². The lowest BCUT2D eigenvalue weighted by Crippen LogP contribution is -2.51. The number of hydrogen-bond donors (Lipinski definition) is 1. The summed E-state index contributed by atoms with van der Waals surface area (Å²) < 4.78 is 27.2. The molecule has 2 amide bonds. The summed E-state index contributed by atoms with van der Waals surface area (Å²) in [6.07, 6.45) is 7.69. The Hall–Kier alpha value is -2.13. The van der Waals surface area contributed by atoms with Crippen LogP contribution in [0.1, 0.15) is 48.2 Å². The lowest BCUT2D eigenvalue weighted by atomic mass is 9.99. The Morgan fingerprint density at radius 2 is 2.23 bits per heavy atom. The maximum Gasteiger partial charge on any atom is 0.265 e. The number of halogens is 2. The van der Waals surface area contributed by atoms with E-state index >= 15 is 0 Å². The van der Waals surface area contributed by atoms with E-state index in [2.05, 4.69) is 25.2 Å². The number of hydrogen-bond acceptors (Lipinski definition) is 5. The maximum absolute atomic E-state index is 13.6. The molecular weight excluding hydrogens is 422 g/mol. The Morgan fingerprint density at radius 1 is 1.42 bits per heavy atom. The van der Waals surface area contributed by atoms with Crippen molar-refractivity contribution < 1.29 is 18.4 Å². The van der Waals surface area contributed by atoms with Gasteiger partial charge in [-0.1, -0.05) is 25.2 Å². The van der Waals surface area contributed by atoms with Crippen LogP contribution in [-0.2, 0) is 22.6 Å². The normalized spacial score (nSPS) is 24.1. The van der Waals surface area contributed by atoms with Crippen molar-refractivity contribution in [2.24, 2.45) is 11.7 Å². The first-order valence-electron chi connectivity index (χ1n) is 10.8. The largest absolute Gasteiger partial charge is 0.336 e. The molecule has 1 fully saturated rings. The fraction of sp³-hybridized carbons (Fsp3) is 0.591. The molecule has 1 unspecified atom stereocenters. The second-order valence-corrected chi connectivity index (χ2v) is 9.86. The highest BCUT2D eigenvalue weighted by atomic mass is 32.1. The van der Waals surface area contributed by atoms with Crippen LogP contribution in [0.3, 0.4) is 0 Å². The van der Waals surface area contributed by atoms with Gasteiger partial charge in [-0.05, 0) is 12.3 Å². The first-order valence-corrected chi connectivity index (χ1v) is 11.6. The minimum atomic E-state index is -2.88. The van der Waals surface area contributed by atoms with E-state index in [1.165, 1.54) is 4.88 Å². The summed E-state index contributed by atoms with van der Waals surface area (Å²) in [5.41, 5.74) is 8.12. The van der Waals surface area contributed by atoms with E-state index in [0.717, 1.165) is 34.0 Å². The monoisotopic (exact) mass is 450 g/mol. The van der Waals surface area contributed by atoms with Gasteiger partial charge < -0.3 is 15.5 Å². The lowest BCUT2D eigenvalue weighted by Gasteiger charge is -2.34. The summed E-state index contributed by atoms with van der Waals surface area (Å²) in [5, 5.41) is 0.990. The van der Waals surface area contributed by atoms with E-state index in [9.17, 15) is 18.4 Å². The Kier molecular flexibility index (Phi) is 6.25. The molecule has 0 spiro atoms. The van der Waals surface area contributed by atoms with Gasteiger partial charge in [0.05, 0.1) is 18.8 Å². The number of thiazole rings is 1. The molecule has 2 atom stereocenters. The fourth-order valence-electron chi connectivity index (χ4n) is 4.18. The van der Waals surface area contributed by atoms with Crippen LogP contribution in [0.2, 0.25) is 0 Å². The van der Waals surface area contributed by atoms with Gasteiger partial charge in [-0.2, -0.15) is 0 Å². The molecule has 3 aliphatic rings. The van der Waals surface area contributed by atoms with E-state index in [-0.39, 0.29) is 31.2 Å². The number of allylic oxidation sites excluding steroid dienone is 4. The minimum Gasteiger partial charge on any atom is -0.336 e. The number of carbonyl (C=O) groups is 2. The molecule has 0 saturated carbocycles. The van der Waals surface area contributed by atoms with Crippen LogP contribution in [0, 0.1) is 5.92 Å². The second kappa shape index (κ2) is 8.78. The summed E-state index contributed by atoms with van der Waals surface area (Å²) in [6, 6.07) is -0.669. The molecule has 2 N–H and O–H groups in total. The van der Waals surface area contributed by atoms with Gasteiger partial charge in [0.2, 0.25) is 11.8 Å². The van der Waals surface area contributed by atoms with E-state index < -0.39 is 24.9 Å². The number of nitrogens with zero attached hydrogens (tertiary/aromatic N) is 3. The minimum absolute atomic E-state index is 0.0213. The number of carbonyl (C=O) groups excluding carboxylic acids is 2. The summed E-state index contributed by atoms with van der Waals surface area (Å²) >= 11 is 1.69. The van der Waals surface area contributed by atoms with Gasteiger partial charge in [0.25, 0.3) is 5.92 Å². The van der Waals surface area contributed by atoms with E-state index in [0.29, 0.717) is 19.0 Å². The molecule has 1 aliphatic carbocycles. The quantitative estimate of drug-likeness (QED) is 0.748. The van der Waals surface area contributed by atoms with Crippen LogP contribution in [0.5, 0.6) is 0 Å². The highest BCUT2D eigenvalue weighted by Crippen LogP contribution is 2.32. The maximum atomic E-state index is 13.6. The Balaban J connectivity index is 1.33. The molecule has 168 valence electrons. The number of nitrogens with two attached hydrogens (primary N) is 1. The Morgan fingerprint density at radius 3 is 2.97 bits per heavy atom. The summed E-state index contributed by atoms with van der Waals surface area (Å²) in [6.45, 7) is 2.56. The molecule has 31 heavy (non-hydrogen) atoms. The zero-order chi connectivity index (χ0) is 22.2. The molecule has 0 radical (unpaired) electrons. The van der Waals surface area contributed by atoms with Crippen molar-refractivity contribution in [2.75, 3.05) is 19.6 Å². The highest BCUT2D eigenvalue weighted by Gasteiger charge is 2.39. The van der Waals surface area contributed by atoms with Crippen LogP contribution < -0.4 is 5.73 Å². The van der Waals surface area contributed by atoms with Gasteiger partial charge in [0.15, 0.2) is 0 Å². The van der Waals surface area contributed by atoms with Crippen LogP contribution >= 0.6 is 11.3 Å². The zero-order valence-electron chi connectivity index (χ0n) is 17.7. The lowest BCUT2D eigenvalue weighted by molar-refractivity contribution is -0.148. The van der Waals surface area contributed by atoms with Gasteiger partial charge in [-0.3, -0.25) is 9.59 Å². The summed E-state index contributed by atoms with van der Waals surface area (Å²) in [4.78, 5) is 33.5. The fourth-order valence-corrected chi connectivity index (χ4v) is 5.26. The smallest absolute Gasteiger partial charge is 0.265 e. The number of aromatic nitrogens is 1. The SMILES string of the molecule is CC1C=CC(c2nc3c(s2)CCN(C(=O)C[C@H](N)CN2CC(F)(F)CCC2=O)C3)=CC1. The molecule has 6 nitrogen and oxygen atoms in total. The number of alkyl halides is 2. The van der Waals surface area contributed by atoms with E-state index in [1.807, 2.05) is 0 Å². The number of rotatable bonds is 5. The molecule has 4 rings (SSSR count). The van der Waals surface area contributed by atoms with Crippen molar-refractivity contribution in [3.63, 3.8) is 0 Å². The van der Waals surface area contributed by atoms with Crippen molar-refractivity contribution in [1.29, 1.82) is 0 Å². The number of fused-ring (bicyclic) bond motifs is 1. The average molecular weight is 451 g/mol. The predicted octanol–water partition coefficient (Wildman–Crippen LogP) is 2.98. The van der Waals surface area contributed by atoms with Crippen LogP contribution in [0.25, 0.3) is 5.57 Å². The van der Waals surface area contributed by atoms with Gasteiger partial charge in [-0.15, -0.1) is 11.3 Å². The summed E-state index contributed by atoms with van der Waals surface area (Å²) in [7, 11) is 0. The van der Waals surface area contributed by atoms with Crippen LogP contribution in [0.4, 0.5) is 8.78 Å². The van der Waals surface area contributed by atoms with E-state index in [4.69, 9.17) is 10.7 Å². The number of piperidine rings is 1. The van der Waals surface area contributed by atoms with Crippen molar-refractivity contribution in [2.45, 2.75) is 57.5 Å². The molecule has 1 saturated heterocycles. The first kappa shape index (κ1) is 22.1. The van der Waals surface area contributed by atoms with E-state index in [1.54, 1.807) is 16.2 Å². The molecule has 3 heterocycles. The van der Waals surface area contributed by atoms with Gasteiger partial charge in [0, 0.05) is 55.3 Å². The molecule has 9 heteroatoms. The number of likely N-dealkylation sites (tertiary alicyclic amines) is 1. The highest BCUT2D eigenvalue weighted by molar-refractivity contribution is 7.12. The second-order valence-electron chi connectivity index (χ2n) is 8.78. The van der Waals surface area contributed by atoms with Crippen LogP contribution in [-0.4, -0.2) is 58.2 Å². The van der Waals surface area contributed by atoms with Crippen LogP contribution in [0.15, 0.2) is 18.2 Å². The third-order valence-corrected chi connectivity index (χ3v) is 7.22. The third kappa shape index (κ3) is 5.20. The summed E-state index contributed by atoms with van der Waals surface area (Å²) in [5.74, 6) is -2.80. The molecule has 2 aliphatic heterocycles. The third-order valence-electron chi connectivity index (χ3n) is 6.01. The molecule has 1 aromatic rings. The standard InChI is InChI=1S/C22H28F2N4O2S/c1-14-2-4-15(5-3-14)21-26-17-12-27(9-7-18(17)31-21)20(30)10-16(25)11-28-13-22(23,24)8-6-19(28)29/h2,4-5,14,16H,3,6-13,25H2,1H3/t14?,16-/m0/s1. The average Bonchev–Trinajstić information content (AvgIpc) is 3.14. The number of amides is 2. The molecule has 1 aromatic heterocycles. The van der Waals surface area contributed by atoms with Crippen molar-refractivity contribution in [3.8, 4) is 0 Å². The van der Waals surface area contributed by atoms with Crippen molar-refractivity contribution >= 4 is 28.7 Å². The molecule has 0 aromatic carbocycles. The Labute approximate surface area is 184 Å². The van der Waals surface area contributed by atoms with Crippen molar-refractivity contribution in [3.05, 3.63) is 33.8 Å². The first-order chi connectivity index (χ1) is 14.7. The van der Waals surface area contributed by atoms with Gasteiger partial charge in [-0.25, -0.2) is 13.8 Å². The van der Waals surface area contributed by atoms with Gasteiger partial charge in [0.1, 0.15) is 5.01 Å². The molecular formula is C22H28F2N4O2S. The van der Waals surface area contributed by atoms with Gasteiger partial charge >= 0.3 is 0 Å². The molecule has 0 bridgehead atoms.